The molecule has 1 amide bonds. The molecule has 1 heterocycles. The maximum Gasteiger partial charge on any atom is 0.389 e. The summed E-state index contributed by atoms with van der Waals surface area (Å²) < 4.78 is 35.8. The van der Waals surface area contributed by atoms with Gasteiger partial charge in [0.2, 0.25) is 5.91 Å². The van der Waals surface area contributed by atoms with Gasteiger partial charge < -0.3 is 4.90 Å². The Morgan fingerprint density at radius 1 is 1.44 bits per heavy atom. The third-order valence-corrected chi connectivity index (χ3v) is 3.24. The van der Waals surface area contributed by atoms with Crippen molar-refractivity contribution in [2.45, 2.75) is 31.9 Å². The van der Waals surface area contributed by atoms with E-state index in [-0.39, 0.29) is 5.91 Å². The minimum Gasteiger partial charge on any atom is -0.342 e. The number of halogens is 4. The second kappa shape index (κ2) is 5.89. The van der Waals surface area contributed by atoms with Gasteiger partial charge in [-0.25, -0.2) is 0 Å². The smallest absolute Gasteiger partial charge is 0.342 e. The summed E-state index contributed by atoms with van der Waals surface area (Å²) in [6, 6.07) is 0. The Morgan fingerprint density at radius 2 is 2.12 bits per heavy atom. The highest BCUT2D eigenvalue weighted by Crippen LogP contribution is 2.24. The fourth-order valence-electron chi connectivity index (χ4n) is 1.86. The lowest BCUT2D eigenvalue weighted by atomic mass is 10.1. The van der Waals surface area contributed by atoms with Gasteiger partial charge in [-0.1, -0.05) is 15.9 Å². The number of hydrogen-bond donors (Lipinski definition) is 0. The fraction of sp³-hybridized carbons (Fsp3) is 0.900. The molecule has 0 N–H and O–H groups in total. The standard InChI is InChI=1S/C10H15BrF3NO/c11-5-2-8-3-6-15(7-8)9(16)1-4-10(12,13)14/h8H,1-7H2. The molecule has 0 aromatic heterocycles. The summed E-state index contributed by atoms with van der Waals surface area (Å²) in [5.74, 6) is 0.0728. The highest BCUT2D eigenvalue weighted by molar-refractivity contribution is 9.09. The first-order valence-electron chi connectivity index (χ1n) is 5.33. The average Bonchev–Trinajstić information content (AvgIpc) is 2.62. The molecule has 2 nitrogen and oxygen atoms in total. The molecule has 1 rings (SSSR count). The zero-order valence-electron chi connectivity index (χ0n) is 8.89. The number of rotatable bonds is 4. The normalized spacial score (nSPS) is 21.5. The average molecular weight is 302 g/mol. The maximum absolute atomic E-state index is 11.9. The third-order valence-electron chi connectivity index (χ3n) is 2.78. The van der Waals surface area contributed by atoms with E-state index < -0.39 is 19.0 Å². The van der Waals surface area contributed by atoms with Crippen LogP contribution in [0.25, 0.3) is 0 Å². The Kier molecular flexibility index (Phi) is 5.08. The van der Waals surface area contributed by atoms with Crippen LogP contribution in [0.5, 0.6) is 0 Å². The van der Waals surface area contributed by atoms with Crippen LogP contribution >= 0.6 is 15.9 Å². The predicted molar refractivity (Wildman–Crippen MR) is 58.4 cm³/mol. The topological polar surface area (TPSA) is 20.3 Å². The van der Waals surface area contributed by atoms with Gasteiger partial charge in [0, 0.05) is 24.8 Å². The molecular formula is C10H15BrF3NO. The first-order chi connectivity index (χ1) is 7.42. The third kappa shape index (κ3) is 4.72. The molecule has 0 aliphatic carbocycles. The van der Waals surface area contributed by atoms with E-state index in [1.165, 1.54) is 0 Å². The van der Waals surface area contributed by atoms with Crippen LogP contribution in [0.15, 0.2) is 0 Å². The largest absolute Gasteiger partial charge is 0.389 e. The number of amides is 1. The van der Waals surface area contributed by atoms with E-state index in [0.29, 0.717) is 19.0 Å². The van der Waals surface area contributed by atoms with Crippen LogP contribution in [0.2, 0.25) is 0 Å². The van der Waals surface area contributed by atoms with Crippen LogP contribution in [-0.4, -0.2) is 35.4 Å². The van der Waals surface area contributed by atoms with E-state index in [0.717, 1.165) is 18.2 Å². The molecule has 0 aromatic carbocycles. The second-order valence-corrected chi connectivity index (χ2v) is 4.88. The van der Waals surface area contributed by atoms with Gasteiger partial charge in [-0.2, -0.15) is 13.2 Å². The van der Waals surface area contributed by atoms with Crippen molar-refractivity contribution in [3.05, 3.63) is 0 Å². The first-order valence-corrected chi connectivity index (χ1v) is 6.45. The van der Waals surface area contributed by atoms with Crippen molar-refractivity contribution in [2.24, 2.45) is 5.92 Å². The van der Waals surface area contributed by atoms with Crippen molar-refractivity contribution in [3.63, 3.8) is 0 Å². The molecule has 1 fully saturated rings. The van der Waals surface area contributed by atoms with Crippen LogP contribution in [0.3, 0.4) is 0 Å². The Hall–Kier alpha value is -0.260. The quantitative estimate of drug-likeness (QED) is 0.731. The maximum atomic E-state index is 11.9. The van der Waals surface area contributed by atoms with Crippen molar-refractivity contribution >= 4 is 21.8 Å². The van der Waals surface area contributed by atoms with Crippen LogP contribution in [0, 0.1) is 5.92 Å². The van der Waals surface area contributed by atoms with Gasteiger partial charge in [-0.3, -0.25) is 4.79 Å². The van der Waals surface area contributed by atoms with E-state index in [9.17, 15) is 18.0 Å². The molecule has 16 heavy (non-hydrogen) atoms. The van der Waals surface area contributed by atoms with Gasteiger partial charge in [0.05, 0.1) is 6.42 Å². The van der Waals surface area contributed by atoms with E-state index in [1.54, 1.807) is 4.90 Å². The molecule has 0 spiro atoms. The molecule has 1 saturated heterocycles. The lowest BCUT2D eigenvalue weighted by Gasteiger charge is -2.16. The lowest BCUT2D eigenvalue weighted by Crippen LogP contribution is -2.29. The van der Waals surface area contributed by atoms with Crippen molar-refractivity contribution < 1.29 is 18.0 Å². The minimum absolute atomic E-state index is 0.366. The summed E-state index contributed by atoms with van der Waals surface area (Å²) in [4.78, 5) is 13.0. The second-order valence-electron chi connectivity index (χ2n) is 4.09. The Morgan fingerprint density at radius 3 is 2.69 bits per heavy atom. The molecule has 6 heteroatoms. The molecule has 0 bridgehead atoms. The summed E-state index contributed by atoms with van der Waals surface area (Å²) in [6.07, 6.45) is -3.77. The number of alkyl halides is 4. The van der Waals surface area contributed by atoms with Crippen molar-refractivity contribution in [1.29, 1.82) is 0 Å². The molecule has 1 unspecified atom stereocenters. The van der Waals surface area contributed by atoms with Gasteiger partial charge in [0.25, 0.3) is 0 Å². The monoisotopic (exact) mass is 301 g/mol. The Balaban J connectivity index is 2.28. The first kappa shape index (κ1) is 13.8. The molecule has 1 aliphatic heterocycles. The Labute approximate surface area is 101 Å². The summed E-state index contributed by atoms with van der Waals surface area (Å²) in [5, 5.41) is 0.877. The van der Waals surface area contributed by atoms with Gasteiger partial charge in [-0.15, -0.1) is 0 Å². The van der Waals surface area contributed by atoms with Gasteiger partial charge >= 0.3 is 6.18 Å². The van der Waals surface area contributed by atoms with E-state index in [1.807, 2.05) is 0 Å². The molecule has 1 aliphatic rings. The zero-order chi connectivity index (χ0) is 12.2. The summed E-state index contributed by atoms with van der Waals surface area (Å²) in [6.45, 7) is 1.22. The molecular weight excluding hydrogens is 287 g/mol. The van der Waals surface area contributed by atoms with Crippen molar-refractivity contribution in [2.75, 3.05) is 18.4 Å². The van der Waals surface area contributed by atoms with E-state index in [2.05, 4.69) is 15.9 Å². The van der Waals surface area contributed by atoms with Gasteiger partial charge in [-0.05, 0) is 18.8 Å². The van der Waals surface area contributed by atoms with Crippen LogP contribution in [-0.2, 0) is 4.79 Å². The van der Waals surface area contributed by atoms with Gasteiger partial charge in [0.1, 0.15) is 0 Å². The van der Waals surface area contributed by atoms with E-state index in [4.69, 9.17) is 0 Å². The predicted octanol–water partition coefficient (Wildman–Crippen LogP) is 2.96. The number of carbonyl (C=O) groups excluding carboxylic acids is 1. The summed E-state index contributed by atoms with van der Waals surface area (Å²) in [5.41, 5.74) is 0. The van der Waals surface area contributed by atoms with Crippen LogP contribution in [0.4, 0.5) is 13.2 Å². The zero-order valence-corrected chi connectivity index (χ0v) is 10.5. The van der Waals surface area contributed by atoms with Crippen LogP contribution < -0.4 is 0 Å². The Bertz CT molecular complexity index is 245. The van der Waals surface area contributed by atoms with Crippen LogP contribution in [0.1, 0.15) is 25.7 Å². The molecule has 0 saturated carbocycles. The highest BCUT2D eigenvalue weighted by atomic mass is 79.9. The van der Waals surface area contributed by atoms with Crippen molar-refractivity contribution in [1.82, 2.24) is 4.90 Å². The number of hydrogen-bond acceptors (Lipinski definition) is 1. The number of carbonyl (C=O) groups is 1. The fourth-order valence-corrected chi connectivity index (χ4v) is 2.50. The van der Waals surface area contributed by atoms with Gasteiger partial charge in [0.15, 0.2) is 0 Å². The SMILES string of the molecule is O=C(CCC(F)(F)F)N1CCC(CCBr)C1. The summed E-state index contributed by atoms with van der Waals surface area (Å²) in [7, 11) is 0. The van der Waals surface area contributed by atoms with Crippen molar-refractivity contribution in [3.8, 4) is 0 Å². The highest BCUT2D eigenvalue weighted by Gasteiger charge is 2.31. The molecule has 94 valence electrons. The number of likely N-dealkylation sites (tertiary alicyclic amines) is 1. The molecule has 0 aromatic rings. The van der Waals surface area contributed by atoms with E-state index >= 15 is 0 Å². The molecule has 1 atom stereocenters. The number of nitrogens with zero attached hydrogens (tertiary/aromatic N) is 1. The minimum atomic E-state index is -4.23. The lowest BCUT2D eigenvalue weighted by molar-refractivity contribution is -0.148. The molecule has 0 radical (unpaired) electrons. The summed E-state index contributed by atoms with van der Waals surface area (Å²) >= 11 is 3.32.